The summed E-state index contributed by atoms with van der Waals surface area (Å²) >= 11 is 0. The molecule has 0 saturated carbocycles. The molecule has 0 aromatic heterocycles. The zero-order valence-corrected chi connectivity index (χ0v) is 10.2. The van der Waals surface area contributed by atoms with E-state index < -0.39 is 5.41 Å². The van der Waals surface area contributed by atoms with Crippen LogP contribution in [-0.4, -0.2) is 12.6 Å². The molecule has 0 fully saturated rings. The molecule has 0 heterocycles. The summed E-state index contributed by atoms with van der Waals surface area (Å²) in [4.78, 5) is 11.8. The van der Waals surface area contributed by atoms with Crippen LogP contribution < -0.4 is 0 Å². The monoisotopic (exact) mass is 236 g/mol. The van der Waals surface area contributed by atoms with Gasteiger partial charge >= 0.3 is 5.97 Å². The summed E-state index contributed by atoms with van der Waals surface area (Å²) < 4.78 is 17.8. The normalized spacial score (nSPS) is 13.8. The molecule has 2 nitrogen and oxygen atoms in total. The van der Waals surface area contributed by atoms with E-state index in [9.17, 15) is 9.18 Å². The molecule has 0 saturated heterocycles. The molecular weight excluding hydrogens is 219 g/mol. The smallest absolute Gasteiger partial charge is 0.315 e. The number of carbonyl (C=O) groups excluding carboxylic acids is 1. The van der Waals surface area contributed by atoms with E-state index >= 15 is 0 Å². The lowest BCUT2D eigenvalue weighted by atomic mass is 9.84. The second-order valence-corrected chi connectivity index (χ2v) is 4.15. The lowest BCUT2D eigenvalue weighted by Crippen LogP contribution is -2.30. The van der Waals surface area contributed by atoms with Gasteiger partial charge in [0.15, 0.2) is 0 Å². The van der Waals surface area contributed by atoms with E-state index in [1.165, 1.54) is 12.1 Å². The van der Waals surface area contributed by atoms with Crippen molar-refractivity contribution in [1.29, 1.82) is 0 Å². The first kappa shape index (κ1) is 13.4. The van der Waals surface area contributed by atoms with Crippen molar-refractivity contribution < 1.29 is 13.9 Å². The number of esters is 1. The Morgan fingerprint density at radius 2 is 2.06 bits per heavy atom. The molecule has 3 heteroatoms. The van der Waals surface area contributed by atoms with E-state index in [4.69, 9.17) is 4.74 Å². The van der Waals surface area contributed by atoms with Crippen molar-refractivity contribution in [3.05, 3.63) is 48.3 Å². The number of benzene rings is 1. The van der Waals surface area contributed by atoms with E-state index in [2.05, 4.69) is 6.58 Å². The van der Waals surface area contributed by atoms with Crippen molar-refractivity contribution in [2.75, 3.05) is 6.61 Å². The molecule has 1 aromatic carbocycles. The lowest BCUT2D eigenvalue weighted by Gasteiger charge is -2.23. The molecule has 1 atom stereocenters. The van der Waals surface area contributed by atoms with Crippen molar-refractivity contribution in [2.24, 2.45) is 5.41 Å². The van der Waals surface area contributed by atoms with Crippen molar-refractivity contribution in [2.45, 2.75) is 20.3 Å². The van der Waals surface area contributed by atoms with Gasteiger partial charge in [0.25, 0.3) is 0 Å². The van der Waals surface area contributed by atoms with Gasteiger partial charge in [-0.2, -0.15) is 0 Å². The quantitative estimate of drug-likeness (QED) is 0.580. The minimum absolute atomic E-state index is 0.287. The second kappa shape index (κ2) is 5.62. The van der Waals surface area contributed by atoms with Crippen molar-refractivity contribution in [3.63, 3.8) is 0 Å². The highest BCUT2D eigenvalue weighted by Gasteiger charge is 2.31. The lowest BCUT2D eigenvalue weighted by molar-refractivity contribution is -0.151. The topological polar surface area (TPSA) is 26.3 Å². The predicted molar refractivity (Wildman–Crippen MR) is 65.0 cm³/mol. The first-order chi connectivity index (χ1) is 8.01. The highest BCUT2D eigenvalue weighted by Crippen LogP contribution is 2.25. The zero-order chi connectivity index (χ0) is 12.9. The molecule has 0 aliphatic heterocycles. The van der Waals surface area contributed by atoms with Crippen LogP contribution in [0.5, 0.6) is 0 Å². The molecule has 0 radical (unpaired) electrons. The Balaban J connectivity index is 2.85. The molecule has 0 aliphatic rings. The van der Waals surface area contributed by atoms with E-state index in [1.54, 1.807) is 32.1 Å². The average Bonchev–Trinajstić information content (AvgIpc) is 2.32. The first-order valence-electron chi connectivity index (χ1n) is 5.57. The van der Waals surface area contributed by atoms with E-state index in [-0.39, 0.29) is 11.8 Å². The van der Waals surface area contributed by atoms with Gasteiger partial charge in [-0.3, -0.25) is 4.79 Å². The average molecular weight is 236 g/mol. The Bertz CT molecular complexity index is 397. The third-order valence-corrected chi connectivity index (χ3v) is 2.68. The van der Waals surface area contributed by atoms with Gasteiger partial charge in [0, 0.05) is 0 Å². The highest BCUT2D eigenvalue weighted by atomic mass is 19.1. The number of carbonyl (C=O) groups is 1. The summed E-state index contributed by atoms with van der Waals surface area (Å²) in [5.74, 6) is -0.593. The molecule has 1 rings (SSSR count). The highest BCUT2D eigenvalue weighted by molar-refractivity contribution is 5.79. The summed E-state index contributed by atoms with van der Waals surface area (Å²) in [5, 5.41) is 0. The maximum Gasteiger partial charge on any atom is 0.315 e. The number of hydrogen-bond acceptors (Lipinski definition) is 2. The second-order valence-electron chi connectivity index (χ2n) is 4.15. The molecule has 0 amide bonds. The van der Waals surface area contributed by atoms with Crippen molar-refractivity contribution in [1.82, 2.24) is 0 Å². The largest absolute Gasteiger partial charge is 0.465 e. The zero-order valence-electron chi connectivity index (χ0n) is 10.2. The van der Waals surface area contributed by atoms with Crippen LogP contribution in [0.3, 0.4) is 0 Å². The van der Waals surface area contributed by atoms with Crippen LogP contribution in [0.1, 0.15) is 19.4 Å². The fourth-order valence-electron chi connectivity index (χ4n) is 1.55. The van der Waals surface area contributed by atoms with E-state index in [0.29, 0.717) is 13.0 Å². The maximum absolute atomic E-state index is 12.8. The summed E-state index contributed by atoms with van der Waals surface area (Å²) in [5.41, 5.74) is 0.107. The third kappa shape index (κ3) is 3.41. The Kier molecular flexibility index (Phi) is 4.44. The Hall–Kier alpha value is -1.64. The van der Waals surface area contributed by atoms with Gasteiger partial charge in [0.2, 0.25) is 0 Å². The molecule has 0 aliphatic carbocycles. The fourth-order valence-corrected chi connectivity index (χ4v) is 1.55. The van der Waals surface area contributed by atoms with Crippen LogP contribution in [0.15, 0.2) is 36.9 Å². The molecule has 1 unspecified atom stereocenters. The fraction of sp³-hybridized carbons (Fsp3) is 0.357. The molecule has 17 heavy (non-hydrogen) atoms. The van der Waals surface area contributed by atoms with Crippen LogP contribution in [-0.2, 0) is 16.0 Å². The number of hydrogen-bond donors (Lipinski definition) is 0. The Morgan fingerprint density at radius 3 is 2.53 bits per heavy atom. The molecule has 0 N–H and O–H groups in total. The molecular formula is C14H17FO2. The van der Waals surface area contributed by atoms with Gasteiger partial charge in [0.1, 0.15) is 5.82 Å². The summed E-state index contributed by atoms with van der Waals surface area (Å²) in [6.07, 6.45) is 2.03. The number of halogens is 1. The minimum Gasteiger partial charge on any atom is -0.465 e. The Labute approximate surface area is 101 Å². The van der Waals surface area contributed by atoms with Gasteiger partial charge in [-0.05, 0) is 38.0 Å². The van der Waals surface area contributed by atoms with Crippen molar-refractivity contribution in [3.8, 4) is 0 Å². The predicted octanol–water partition coefficient (Wildman–Crippen LogP) is 3.12. The molecule has 0 bridgehead atoms. The van der Waals surface area contributed by atoms with E-state index in [1.807, 2.05) is 0 Å². The SMILES string of the molecule is C=CC(C)(Cc1ccc(F)cc1)C(=O)OCC. The first-order valence-corrected chi connectivity index (χ1v) is 5.57. The summed E-state index contributed by atoms with van der Waals surface area (Å²) in [7, 11) is 0. The third-order valence-electron chi connectivity index (χ3n) is 2.68. The minimum atomic E-state index is -0.770. The number of rotatable bonds is 5. The van der Waals surface area contributed by atoms with Crippen LogP contribution in [0.2, 0.25) is 0 Å². The molecule has 92 valence electrons. The van der Waals surface area contributed by atoms with Crippen molar-refractivity contribution >= 4 is 5.97 Å². The number of ether oxygens (including phenoxy) is 1. The van der Waals surface area contributed by atoms with Gasteiger partial charge in [-0.1, -0.05) is 18.2 Å². The van der Waals surface area contributed by atoms with Crippen LogP contribution >= 0.6 is 0 Å². The maximum atomic E-state index is 12.8. The summed E-state index contributed by atoms with van der Waals surface area (Å²) in [6, 6.07) is 6.08. The van der Waals surface area contributed by atoms with Gasteiger partial charge < -0.3 is 4.74 Å². The molecule has 0 spiro atoms. The van der Waals surface area contributed by atoms with Gasteiger partial charge in [-0.25, -0.2) is 4.39 Å². The molecule has 1 aromatic rings. The van der Waals surface area contributed by atoms with Gasteiger partial charge in [-0.15, -0.1) is 6.58 Å². The van der Waals surface area contributed by atoms with E-state index in [0.717, 1.165) is 5.56 Å². The standard InChI is InChI=1S/C14H17FO2/c1-4-14(3,13(16)17-5-2)10-11-6-8-12(15)9-7-11/h4,6-9H,1,5,10H2,2-3H3. The summed E-state index contributed by atoms with van der Waals surface area (Å²) in [6.45, 7) is 7.54. The van der Waals surface area contributed by atoms with Crippen LogP contribution in [0.25, 0.3) is 0 Å². The van der Waals surface area contributed by atoms with Gasteiger partial charge in [0.05, 0.1) is 12.0 Å². The van der Waals surface area contributed by atoms with Crippen LogP contribution in [0, 0.1) is 11.2 Å². The van der Waals surface area contributed by atoms with Crippen LogP contribution in [0.4, 0.5) is 4.39 Å². The Morgan fingerprint density at radius 1 is 1.47 bits per heavy atom.